The number of anilines is 2. The molecule has 0 spiro atoms. The second-order valence-corrected chi connectivity index (χ2v) is 3.77. The lowest BCUT2D eigenvalue weighted by molar-refractivity contribution is 0.301. The van der Waals surface area contributed by atoms with Gasteiger partial charge in [-0.2, -0.15) is 9.97 Å². The van der Waals surface area contributed by atoms with E-state index in [0.717, 1.165) is 18.7 Å². The van der Waals surface area contributed by atoms with Crippen molar-refractivity contribution in [2.24, 2.45) is 0 Å². The van der Waals surface area contributed by atoms with Gasteiger partial charge in [-0.15, -0.1) is 0 Å². The highest BCUT2D eigenvalue weighted by Gasteiger charge is 2.30. The maximum Gasteiger partial charge on any atom is 0.225 e. The van der Waals surface area contributed by atoms with E-state index in [4.69, 9.17) is 15.6 Å². The van der Waals surface area contributed by atoms with Gasteiger partial charge in [-0.25, -0.2) is 0 Å². The van der Waals surface area contributed by atoms with Crippen molar-refractivity contribution in [2.45, 2.75) is 18.9 Å². The molecule has 6 nitrogen and oxygen atoms in total. The van der Waals surface area contributed by atoms with Gasteiger partial charge in [0.15, 0.2) is 0 Å². The van der Waals surface area contributed by atoms with Gasteiger partial charge in [-0.3, -0.25) is 0 Å². The Hall–Kier alpha value is -1.56. The highest BCUT2D eigenvalue weighted by atomic mass is 16.5. The third-order valence-corrected chi connectivity index (χ3v) is 2.54. The Morgan fingerprint density at radius 1 is 1.56 bits per heavy atom. The van der Waals surface area contributed by atoms with Gasteiger partial charge in [0.05, 0.1) is 13.7 Å². The molecule has 0 radical (unpaired) electrons. The van der Waals surface area contributed by atoms with E-state index in [0.29, 0.717) is 18.5 Å². The summed E-state index contributed by atoms with van der Waals surface area (Å²) in [6.45, 7) is 0.660. The summed E-state index contributed by atoms with van der Waals surface area (Å²) in [5.41, 5.74) is 5.60. The molecule has 0 saturated heterocycles. The molecular weight excluding hydrogens is 208 g/mol. The third kappa shape index (κ3) is 2.33. The van der Waals surface area contributed by atoms with E-state index in [1.807, 2.05) is 4.90 Å². The minimum atomic E-state index is 0.0999. The monoisotopic (exact) mass is 224 g/mol. The number of nitrogens with zero attached hydrogens (tertiary/aromatic N) is 3. The van der Waals surface area contributed by atoms with Gasteiger partial charge in [-0.1, -0.05) is 0 Å². The molecule has 1 aromatic rings. The lowest BCUT2D eigenvalue weighted by Gasteiger charge is -2.22. The molecule has 0 unspecified atom stereocenters. The fraction of sp³-hybridized carbons (Fsp3) is 0.600. The number of nitrogens with two attached hydrogens (primary N) is 1. The lowest BCUT2D eigenvalue weighted by atomic mass is 10.4. The Morgan fingerprint density at radius 2 is 2.31 bits per heavy atom. The fourth-order valence-corrected chi connectivity index (χ4v) is 1.66. The average molecular weight is 224 g/mol. The van der Waals surface area contributed by atoms with Crippen molar-refractivity contribution < 1.29 is 9.84 Å². The highest BCUT2D eigenvalue weighted by Crippen LogP contribution is 2.31. The van der Waals surface area contributed by atoms with E-state index in [1.165, 1.54) is 0 Å². The molecule has 1 aromatic heterocycles. The van der Waals surface area contributed by atoms with E-state index in [9.17, 15) is 0 Å². The van der Waals surface area contributed by atoms with Crippen LogP contribution in [0.1, 0.15) is 12.8 Å². The number of rotatable bonds is 5. The minimum absolute atomic E-state index is 0.0999. The summed E-state index contributed by atoms with van der Waals surface area (Å²) in [5, 5.41) is 9.02. The molecular formula is C10H16N4O2. The second-order valence-electron chi connectivity index (χ2n) is 3.77. The van der Waals surface area contributed by atoms with Crippen LogP contribution in [0.4, 0.5) is 11.8 Å². The molecule has 16 heavy (non-hydrogen) atoms. The molecule has 2 rings (SSSR count). The van der Waals surface area contributed by atoms with Crippen LogP contribution >= 0.6 is 0 Å². The summed E-state index contributed by atoms with van der Waals surface area (Å²) >= 11 is 0. The van der Waals surface area contributed by atoms with Crippen LogP contribution in [0, 0.1) is 0 Å². The number of ether oxygens (including phenoxy) is 1. The van der Waals surface area contributed by atoms with Crippen molar-refractivity contribution in [1.82, 2.24) is 9.97 Å². The van der Waals surface area contributed by atoms with E-state index in [2.05, 4.69) is 9.97 Å². The number of nitrogen functional groups attached to an aromatic ring is 1. The Bertz CT molecular complexity index is 368. The Labute approximate surface area is 94.1 Å². The number of aliphatic hydroxyl groups excluding tert-OH is 1. The van der Waals surface area contributed by atoms with Gasteiger partial charge >= 0.3 is 0 Å². The lowest BCUT2D eigenvalue weighted by Crippen LogP contribution is -2.30. The van der Waals surface area contributed by atoms with Gasteiger partial charge in [-0.05, 0) is 12.8 Å². The summed E-state index contributed by atoms with van der Waals surface area (Å²) in [7, 11) is 1.54. The molecule has 88 valence electrons. The Balaban J connectivity index is 2.25. The molecule has 1 saturated carbocycles. The average Bonchev–Trinajstić information content (AvgIpc) is 3.08. The zero-order valence-corrected chi connectivity index (χ0v) is 9.26. The number of hydrogen-bond acceptors (Lipinski definition) is 6. The smallest absolute Gasteiger partial charge is 0.225 e. The first-order valence-corrected chi connectivity index (χ1v) is 5.30. The van der Waals surface area contributed by atoms with Crippen molar-refractivity contribution in [3.05, 3.63) is 6.07 Å². The molecule has 0 atom stereocenters. The van der Waals surface area contributed by atoms with E-state index in [1.54, 1.807) is 13.2 Å². The van der Waals surface area contributed by atoms with Gasteiger partial charge in [0.2, 0.25) is 11.8 Å². The molecule has 3 N–H and O–H groups in total. The van der Waals surface area contributed by atoms with Crippen molar-refractivity contribution in [1.29, 1.82) is 0 Å². The van der Waals surface area contributed by atoms with Gasteiger partial charge in [0.1, 0.15) is 5.82 Å². The highest BCUT2D eigenvalue weighted by molar-refractivity contribution is 5.47. The maximum absolute atomic E-state index is 9.02. The molecule has 0 aromatic carbocycles. The maximum atomic E-state index is 9.02. The van der Waals surface area contributed by atoms with Crippen LogP contribution in [0.25, 0.3) is 0 Å². The molecule has 0 bridgehead atoms. The number of hydrogen-bond donors (Lipinski definition) is 2. The normalized spacial score (nSPS) is 14.9. The number of aliphatic hydroxyl groups is 1. The molecule has 1 aliphatic rings. The van der Waals surface area contributed by atoms with Crippen LogP contribution in [-0.4, -0.2) is 41.4 Å². The zero-order valence-electron chi connectivity index (χ0n) is 9.26. The zero-order chi connectivity index (χ0) is 11.5. The number of aromatic nitrogens is 2. The van der Waals surface area contributed by atoms with Crippen LogP contribution < -0.4 is 15.4 Å². The van der Waals surface area contributed by atoms with Gasteiger partial charge in [0, 0.05) is 18.7 Å². The Kier molecular flexibility index (Phi) is 3.09. The van der Waals surface area contributed by atoms with Gasteiger partial charge < -0.3 is 20.5 Å². The van der Waals surface area contributed by atoms with Crippen molar-refractivity contribution in [3.8, 4) is 5.88 Å². The SMILES string of the molecule is COc1cc(N(CCO)C2CC2)nc(N)n1. The summed E-state index contributed by atoms with van der Waals surface area (Å²) in [6, 6.07) is 2.20. The predicted octanol–water partition coefficient (Wildman–Crippen LogP) is 0.0285. The number of methoxy groups -OCH3 is 1. The second kappa shape index (κ2) is 4.52. The molecule has 0 amide bonds. The van der Waals surface area contributed by atoms with Crippen molar-refractivity contribution in [2.75, 3.05) is 30.9 Å². The van der Waals surface area contributed by atoms with Gasteiger partial charge in [0.25, 0.3) is 0 Å². The van der Waals surface area contributed by atoms with E-state index >= 15 is 0 Å². The first-order chi connectivity index (χ1) is 7.74. The van der Waals surface area contributed by atoms with Crippen LogP contribution in [0.3, 0.4) is 0 Å². The van der Waals surface area contributed by atoms with Crippen LogP contribution in [-0.2, 0) is 0 Å². The molecule has 6 heteroatoms. The topological polar surface area (TPSA) is 84.5 Å². The van der Waals surface area contributed by atoms with E-state index < -0.39 is 0 Å². The van der Waals surface area contributed by atoms with Crippen molar-refractivity contribution >= 4 is 11.8 Å². The standard InChI is InChI=1S/C10H16N4O2/c1-16-9-6-8(12-10(11)13-9)14(4-5-15)7-2-3-7/h6-7,15H,2-5H2,1H3,(H2,11,12,13). The molecule has 1 fully saturated rings. The largest absolute Gasteiger partial charge is 0.481 e. The summed E-state index contributed by atoms with van der Waals surface area (Å²) in [5.74, 6) is 1.37. The molecule has 1 aliphatic carbocycles. The quantitative estimate of drug-likeness (QED) is 0.734. The van der Waals surface area contributed by atoms with Crippen LogP contribution in [0.15, 0.2) is 6.07 Å². The summed E-state index contributed by atoms with van der Waals surface area (Å²) < 4.78 is 5.04. The molecule has 0 aliphatic heterocycles. The summed E-state index contributed by atoms with van der Waals surface area (Å²) in [4.78, 5) is 10.1. The summed E-state index contributed by atoms with van der Waals surface area (Å²) in [6.07, 6.45) is 2.26. The van der Waals surface area contributed by atoms with Crippen LogP contribution in [0.5, 0.6) is 5.88 Å². The minimum Gasteiger partial charge on any atom is -0.481 e. The first kappa shape index (κ1) is 10.9. The van der Waals surface area contributed by atoms with Crippen molar-refractivity contribution in [3.63, 3.8) is 0 Å². The Morgan fingerprint density at radius 3 is 2.88 bits per heavy atom. The fourth-order valence-electron chi connectivity index (χ4n) is 1.66. The van der Waals surface area contributed by atoms with E-state index in [-0.39, 0.29) is 12.6 Å². The molecule has 1 heterocycles. The third-order valence-electron chi connectivity index (χ3n) is 2.54. The first-order valence-electron chi connectivity index (χ1n) is 5.30. The predicted molar refractivity (Wildman–Crippen MR) is 60.5 cm³/mol. The van der Waals surface area contributed by atoms with Crippen LogP contribution in [0.2, 0.25) is 0 Å².